The summed E-state index contributed by atoms with van der Waals surface area (Å²) in [5.74, 6) is -0.353. The lowest BCUT2D eigenvalue weighted by Gasteiger charge is -2.23. The molecule has 162 valence electrons. The molecule has 1 amide bonds. The molecule has 0 bridgehead atoms. The van der Waals surface area contributed by atoms with E-state index in [-0.39, 0.29) is 17.9 Å². The van der Waals surface area contributed by atoms with Crippen LogP contribution in [0.1, 0.15) is 17.3 Å². The molecule has 0 unspecified atom stereocenters. The first-order valence-corrected chi connectivity index (χ1v) is 10.8. The average molecular weight is 436 g/mol. The Balaban J connectivity index is 2.23. The van der Waals surface area contributed by atoms with Crippen LogP contribution in [0.15, 0.2) is 42.5 Å². The number of nitrogens with one attached hydrogen (secondary N) is 1. The maximum Gasteiger partial charge on any atom is 0.338 e. The van der Waals surface area contributed by atoms with Crippen molar-refractivity contribution in [1.82, 2.24) is 0 Å². The molecule has 0 heterocycles. The highest BCUT2D eigenvalue weighted by Crippen LogP contribution is 2.32. The second-order valence-electron chi connectivity index (χ2n) is 6.16. The third-order valence-electron chi connectivity index (χ3n) is 4.00. The Kier molecular flexibility index (Phi) is 7.65. The van der Waals surface area contributed by atoms with E-state index >= 15 is 0 Å². The van der Waals surface area contributed by atoms with E-state index < -0.39 is 28.4 Å². The maximum atomic E-state index is 12.5. The summed E-state index contributed by atoms with van der Waals surface area (Å²) in [6.45, 7) is 1.44. The zero-order valence-electron chi connectivity index (χ0n) is 17.2. The summed E-state index contributed by atoms with van der Waals surface area (Å²) in [6, 6.07) is 10.7. The first-order chi connectivity index (χ1) is 14.2. The minimum Gasteiger partial charge on any atom is -0.493 e. The van der Waals surface area contributed by atoms with E-state index in [1.54, 1.807) is 31.2 Å². The highest BCUT2D eigenvalue weighted by atomic mass is 32.2. The van der Waals surface area contributed by atoms with Crippen LogP contribution >= 0.6 is 0 Å². The van der Waals surface area contributed by atoms with Gasteiger partial charge < -0.3 is 19.5 Å². The predicted octanol–water partition coefficient (Wildman–Crippen LogP) is 2.29. The van der Waals surface area contributed by atoms with Gasteiger partial charge in [0.05, 0.1) is 38.3 Å². The fourth-order valence-electron chi connectivity index (χ4n) is 2.65. The smallest absolute Gasteiger partial charge is 0.338 e. The van der Waals surface area contributed by atoms with E-state index in [2.05, 4.69) is 5.32 Å². The molecular formula is C20H24N2O7S. The van der Waals surface area contributed by atoms with Crippen molar-refractivity contribution in [3.63, 3.8) is 0 Å². The fraction of sp³-hybridized carbons (Fsp3) is 0.300. The fourth-order valence-corrected chi connectivity index (χ4v) is 3.50. The van der Waals surface area contributed by atoms with E-state index in [1.165, 1.54) is 32.4 Å². The standard InChI is InChI=1S/C20H24N2O7S/c1-5-29-20(24)14-7-6-8-15(11-14)21-19(23)13-22(30(4,25)26)16-9-10-17(27-2)18(12-16)28-3/h6-12H,5,13H2,1-4H3,(H,21,23). The van der Waals surface area contributed by atoms with Crippen molar-refractivity contribution >= 4 is 33.3 Å². The molecule has 0 aliphatic heterocycles. The highest BCUT2D eigenvalue weighted by Gasteiger charge is 2.22. The Morgan fingerprint density at radius 1 is 1.03 bits per heavy atom. The van der Waals surface area contributed by atoms with Gasteiger partial charge in [-0.3, -0.25) is 9.10 Å². The van der Waals surface area contributed by atoms with Crippen LogP contribution in [0, 0.1) is 0 Å². The molecule has 2 aromatic carbocycles. The summed E-state index contributed by atoms with van der Waals surface area (Å²) < 4.78 is 40.8. The molecule has 2 aromatic rings. The van der Waals surface area contributed by atoms with Crippen molar-refractivity contribution in [1.29, 1.82) is 0 Å². The van der Waals surface area contributed by atoms with Crippen LogP contribution in [0.4, 0.5) is 11.4 Å². The van der Waals surface area contributed by atoms with Crippen LogP contribution in [0.3, 0.4) is 0 Å². The Morgan fingerprint density at radius 2 is 1.73 bits per heavy atom. The summed E-state index contributed by atoms with van der Waals surface area (Å²) in [4.78, 5) is 24.4. The van der Waals surface area contributed by atoms with Crippen molar-refractivity contribution in [2.24, 2.45) is 0 Å². The summed E-state index contributed by atoms with van der Waals surface area (Å²) in [7, 11) is -0.889. The number of carbonyl (C=O) groups excluding carboxylic acids is 2. The van der Waals surface area contributed by atoms with Gasteiger partial charge in [-0.05, 0) is 37.3 Å². The van der Waals surface area contributed by atoms with Crippen LogP contribution in [0.5, 0.6) is 11.5 Å². The van der Waals surface area contributed by atoms with Crippen LogP contribution < -0.4 is 19.1 Å². The third kappa shape index (κ3) is 5.86. The lowest BCUT2D eigenvalue weighted by Crippen LogP contribution is -2.37. The molecule has 0 saturated carbocycles. The van der Waals surface area contributed by atoms with Crippen molar-refractivity contribution < 1.29 is 32.2 Å². The van der Waals surface area contributed by atoms with Gasteiger partial charge in [0.1, 0.15) is 6.54 Å². The van der Waals surface area contributed by atoms with Crippen molar-refractivity contribution in [3.05, 3.63) is 48.0 Å². The zero-order valence-corrected chi connectivity index (χ0v) is 18.0. The molecule has 0 atom stereocenters. The van der Waals surface area contributed by atoms with Crippen molar-refractivity contribution in [2.45, 2.75) is 6.92 Å². The molecule has 2 rings (SSSR count). The molecule has 0 radical (unpaired) electrons. The number of nitrogens with zero attached hydrogens (tertiary/aromatic N) is 1. The number of ether oxygens (including phenoxy) is 3. The summed E-state index contributed by atoms with van der Waals surface area (Å²) in [5, 5.41) is 2.59. The first-order valence-electron chi connectivity index (χ1n) is 8.96. The molecular weight excluding hydrogens is 412 g/mol. The third-order valence-corrected chi connectivity index (χ3v) is 5.14. The molecule has 0 aliphatic carbocycles. The molecule has 0 saturated heterocycles. The van der Waals surface area contributed by atoms with Crippen molar-refractivity contribution in [2.75, 3.05) is 43.2 Å². The monoisotopic (exact) mass is 436 g/mol. The van der Waals surface area contributed by atoms with Gasteiger partial charge >= 0.3 is 5.97 Å². The Hall–Kier alpha value is -3.27. The normalized spacial score (nSPS) is 10.8. The maximum absolute atomic E-state index is 12.5. The molecule has 0 aromatic heterocycles. The van der Waals surface area contributed by atoms with Gasteiger partial charge in [0, 0.05) is 11.8 Å². The number of carbonyl (C=O) groups is 2. The molecule has 0 spiro atoms. The molecule has 9 nitrogen and oxygen atoms in total. The zero-order chi connectivity index (χ0) is 22.3. The molecule has 1 N–H and O–H groups in total. The van der Waals surface area contributed by atoms with Gasteiger partial charge in [-0.1, -0.05) is 6.07 Å². The van der Waals surface area contributed by atoms with Gasteiger partial charge in [-0.2, -0.15) is 0 Å². The number of methoxy groups -OCH3 is 2. The molecule has 30 heavy (non-hydrogen) atoms. The van der Waals surface area contributed by atoms with E-state index in [1.807, 2.05) is 0 Å². The lowest BCUT2D eigenvalue weighted by molar-refractivity contribution is -0.114. The number of esters is 1. The quantitative estimate of drug-likeness (QED) is 0.600. The topological polar surface area (TPSA) is 111 Å². The number of anilines is 2. The van der Waals surface area contributed by atoms with Crippen LogP contribution in [0.25, 0.3) is 0 Å². The average Bonchev–Trinajstić information content (AvgIpc) is 2.71. The van der Waals surface area contributed by atoms with E-state index in [4.69, 9.17) is 14.2 Å². The molecule has 0 aliphatic rings. The Morgan fingerprint density at radius 3 is 2.33 bits per heavy atom. The SMILES string of the molecule is CCOC(=O)c1cccc(NC(=O)CN(c2ccc(OC)c(OC)c2)S(C)(=O)=O)c1. The Labute approximate surface area is 175 Å². The highest BCUT2D eigenvalue weighted by molar-refractivity contribution is 7.92. The second kappa shape index (κ2) is 9.97. The number of rotatable bonds is 9. The van der Waals surface area contributed by atoms with E-state index in [0.29, 0.717) is 17.2 Å². The predicted molar refractivity (Wildman–Crippen MR) is 113 cm³/mol. The summed E-state index contributed by atoms with van der Waals surface area (Å²) in [5.41, 5.74) is 0.853. The first kappa shape index (κ1) is 23.0. The van der Waals surface area contributed by atoms with Gasteiger partial charge in [-0.15, -0.1) is 0 Å². The van der Waals surface area contributed by atoms with Gasteiger partial charge in [0.2, 0.25) is 15.9 Å². The summed E-state index contributed by atoms with van der Waals surface area (Å²) in [6.07, 6.45) is 0.998. The number of amides is 1. The lowest BCUT2D eigenvalue weighted by atomic mass is 10.2. The number of sulfonamides is 1. The van der Waals surface area contributed by atoms with Gasteiger partial charge in [-0.25, -0.2) is 13.2 Å². The largest absolute Gasteiger partial charge is 0.493 e. The summed E-state index contributed by atoms with van der Waals surface area (Å²) >= 11 is 0. The van der Waals surface area contributed by atoms with Crippen LogP contribution in [0.2, 0.25) is 0 Å². The minimum atomic E-state index is -3.78. The van der Waals surface area contributed by atoms with Crippen molar-refractivity contribution in [3.8, 4) is 11.5 Å². The van der Waals surface area contributed by atoms with Crippen LogP contribution in [-0.2, 0) is 19.6 Å². The van der Waals surface area contributed by atoms with E-state index in [0.717, 1.165) is 10.6 Å². The molecule has 10 heteroatoms. The van der Waals surface area contributed by atoms with Crippen LogP contribution in [-0.4, -0.2) is 53.9 Å². The number of hydrogen-bond donors (Lipinski definition) is 1. The second-order valence-corrected chi connectivity index (χ2v) is 8.07. The van der Waals surface area contributed by atoms with E-state index in [9.17, 15) is 18.0 Å². The minimum absolute atomic E-state index is 0.226. The van der Waals surface area contributed by atoms with Gasteiger partial charge in [0.15, 0.2) is 11.5 Å². The molecule has 0 fully saturated rings. The van der Waals surface area contributed by atoms with Gasteiger partial charge in [0.25, 0.3) is 0 Å². The number of benzene rings is 2. The Bertz CT molecular complexity index is 1020. The number of hydrogen-bond acceptors (Lipinski definition) is 7.